The van der Waals surface area contributed by atoms with Crippen molar-refractivity contribution in [2.45, 2.75) is 19.8 Å². The second-order valence-corrected chi connectivity index (χ2v) is 6.15. The zero-order valence-corrected chi connectivity index (χ0v) is 14.4. The number of piperidine rings is 1. The van der Waals surface area contributed by atoms with E-state index in [1.165, 1.54) is 0 Å². The molecule has 1 aliphatic rings. The number of hydrogen-bond donors (Lipinski definition) is 2. The number of aryl methyl sites for hydroxylation is 1. The van der Waals surface area contributed by atoms with Crippen LogP contribution >= 0.6 is 0 Å². The van der Waals surface area contributed by atoms with Gasteiger partial charge in [-0.25, -0.2) is 4.98 Å². The first-order valence-corrected chi connectivity index (χ1v) is 8.29. The van der Waals surface area contributed by atoms with Crippen LogP contribution in [0.2, 0.25) is 0 Å². The molecule has 25 heavy (non-hydrogen) atoms. The van der Waals surface area contributed by atoms with Gasteiger partial charge in [-0.3, -0.25) is 4.79 Å². The van der Waals surface area contributed by atoms with Crippen molar-refractivity contribution in [1.29, 1.82) is 0 Å². The molecule has 0 saturated carbocycles. The average molecular weight is 342 g/mol. The van der Waals surface area contributed by atoms with Gasteiger partial charge in [0.2, 0.25) is 5.95 Å². The van der Waals surface area contributed by atoms with Gasteiger partial charge in [0.15, 0.2) is 0 Å². The Morgan fingerprint density at radius 1 is 1.28 bits per heavy atom. The van der Waals surface area contributed by atoms with Gasteiger partial charge in [-0.05, 0) is 31.9 Å². The number of benzene rings is 1. The van der Waals surface area contributed by atoms with Crippen LogP contribution < -0.4 is 15.0 Å². The molecule has 2 aromatic rings. The summed E-state index contributed by atoms with van der Waals surface area (Å²) in [6.07, 6.45) is 1.27. The van der Waals surface area contributed by atoms with Crippen LogP contribution in [0.5, 0.6) is 5.75 Å². The number of hydrogen-bond acceptors (Lipinski definition) is 6. The van der Waals surface area contributed by atoms with Gasteiger partial charge in [0, 0.05) is 36.6 Å². The molecule has 1 aromatic carbocycles. The predicted octanol–water partition coefficient (Wildman–Crippen LogP) is 2.84. The number of carbonyl (C=O) groups is 1. The van der Waals surface area contributed by atoms with E-state index < -0.39 is 5.97 Å². The third kappa shape index (κ3) is 4.17. The molecule has 132 valence electrons. The molecule has 1 saturated heterocycles. The summed E-state index contributed by atoms with van der Waals surface area (Å²) in [6.45, 7) is 3.30. The maximum atomic E-state index is 11.1. The molecule has 7 nitrogen and oxygen atoms in total. The molecule has 0 amide bonds. The van der Waals surface area contributed by atoms with Crippen LogP contribution in [0.25, 0.3) is 0 Å². The van der Waals surface area contributed by atoms with E-state index in [2.05, 4.69) is 20.2 Å². The fourth-order valence-electron chi connectivity index (χ4n) is 2.96. The normalized spacial score (nSPS) is 15.0. The van der Waals surface area contributed by atoms with Crippen molar-refractivity contribution >= 4 is 23.4 Å². The summed E-state index contributed by atoms with van der Waals surface area (Å²) in [5.74, 6) is 1.13. The van der Waals surface area contributed by atoms with Gasteiger partial charge in [-0.2, -0.15) is 4.98 Å². The largest absolute Gasteiger partial charge is 0.497 e. The monoisotopic (exact) mass is 342 g/mol. The second-order valence-electron chi connectivity index (χ2n) is 6.15. The highest BCUT2D eigenvalue weighted by molar-refractivity contribution is 5.70. The number of rotatable bonds is 5. The first kappa shape index (κ1) is 17.0. The maximum Gasteiger partial charge on any atom is 0.306 e. The molecule has 0 spiro atoms. The van der Waals surface area contributed by atoms with Crippen LogP contribution in [0, 0.1) is 12.8 Å². The lowest BCUT2D eigenvalue weighted by Gasteiger charge is -2.31. The van der Waals surface area contributed by atoms with Crippen LogP contribution in [0.1, 0.15) is 18.5 Å². The quantitative estimate of drug-likeness (QED) is 0.864. The predicted molar refractivity (Wildman–Crippen MR) is 95.6 cm³/mol. The highest BCUT2D eigenvalue weighted by Gasteiger charge is 2.25. The van der Waals surface area contributed by atoms with Crippen molar-refractivity contribution in [1.82, 2.24) is 9.97 Å². The summed E-state index contributed by atoms with van der Waals surface area (Å²) in [5.41, 5.74) is 1.70. The van der Waals surface area contributed by atoms with Crippen molar-refractivity contribution in [2.75, 3.05) is 30.4 Å². The molecule has 0 aliphatic carbocycles. The summed E-state index contributed by atoms with van der Waals surface area (Å²) < 4.78 is 5.23. The molecule has 3 rings (SSSR count). The third-order valence-electron chi connectivity index (χ3n) is 4.33. The fraction of sp³-hybridized carbons (Fsp3) is 0.389. The van der Waals surface area contributed by atoms with E-state index in [1.807, 2.05) is 37.3 Å². The van der Waals surface area contributed by atoms with Crippen molar-refractivity contribution in [3.05, 3.63) is 36.0 Å². The van der Waals surface area contributed by atoms with Gasteiger partial charge < -0.3 is 20.1 Å². The molecule has 0 atom stereocenters. The standard InChI is InChI=1S/C18H22N4O3/c1-12-10-16(22-8-6-13(7-9-22)17(23)24)21-18(19-12)20-14-4-3-5-15(11-14)25-2/h3-5,10-11,13H,6-9H2,1-2H3,(H,23,24)(H,19,20,21). The van der Waals surface area contributed by atoms with E-state index in [0.29, 0.717) is 31.9 Å². The summed E-state index contributed by atoms with van der Waals surface area (Å²) >= 11 is 0. The first-order chi connectivity index (χ1) is 12.0. The van der Waals surface area contributed by atoms with Crippen LogP contribution in [-0.2, 0) is 4.79 Å². The molecule has 2 heterocycles. The van der Waals surface area contributed by atoms with Crippen LogP contribution in [-0.4, -0.2) is 41.2 Å². The zero-order valence-electron chi connectivity index (χ0n) is 14.4. The molecule has 1 aliphatic heterocycles. The lowest BCUT2D eigenvalue weighted by Crippen LogP contribution is -2.36. The molecule has 0 radical (unpaired) electrons. The van der Waals surface area contributed by atoms with Gasteiger partial charge in [0.05, 0.1) is 13.0 Å². The Balaban J connectivity index is 1.75. The maximum absolute atomic E-state index is 11.1. The van der Waals surface area contributed by atoms with Crippen molar-refractivity contribution in [3.8, 4) is 5.75 Å². The van der Waals surface area contributed by atoms with E-state index >= 15 is 0 Å². The SMILES string of the molecule is COc1cccc(Nc2nc(C)cc(N3CCC(C(=O)O)CC3)n2)c1. The molecule has 7 heteroatoms. The number of carboxylic acid groups (broad SMARTS) is 1. The number of methoxy groups -OCH3 is 1. The van der Waals surface area contributed by atoms with E-state index in [0.717, 1.165) is 22.9 Å². The minimum absolute atomic E-state index is 0.256. The van der Waals surface area contributed by atoms with E-state index in [4.69, 9.17) is 9.84 Å². The molecule has 1 aromatic heterocycles. The number of nitrogens with zero attached hydrogens (tertiary/aromatic N) is 3. The van der Waals surface area contributed by atoms with Gasteiger partial charge in [-0.1, -0.05) is 6.07 Å². The molecule has 1 fully saturated rings. The third-order valence-corrected chi connectivity index (χ3v) is 4.33. The summed E-state index contributed by atoms with van der Waals surface area (Å²) in [4.78, 5) is 22.2. The van der Waals surface area contributed by atoms with Gasteiger partial charge in [-0.15, -0.1) is 0 Å². The summed E-state index contributed by atoms with van der Waals surface area (Å²) in [7, 11) is 1.63. The van der Waals surface area contributed by atoms with E-state index in [-0.39, 0.29) is 5.92 Å². The van der Waals surface area contributed by atoms with Crippen LogP contribution in [0.4, 0.5) is 17.5 Å². The van der Waals surface area contributed by atoms with Crippen LogP contribution in [0.3, 0.4) is 0 Å². The molecule has 2 N–H and O–H groups in total. The Kier molecular flexibility index (Phi) is 5.02. The minimum atomic E-state index is -0.709. The number of aliphatic carboxylic acids is 1. The smallest absolute Gasteiger partial charge is 0.306 e. The summed E-state index contributed by atoms with van der Waals surface area (Å²) in [5, 5.41) is 12.3. The highest BCUT2D eigenvalue weighted by Crippen LogP contribution is 2.25. The fourth-order valence-corrected chi connectivity index (χ4v) is 2.96. The Morgan fingerprint density at radius 2 is 2.04 bits per heavy atom. The number of anilines is 3. The first-order valence-electron chi connectivity index (χ1n) is 8.29. The Morgan fingerprint density at radius 3 is 2.72 bits per heavy atom. The molecule has 0 bridgehead atoms. The number of aromatic nitrogens is 2. The van der Waals surface area contributed by atoms with Gasteiger partial charge in [0.1, 0.15) is 11.6 Å². The average Bonchev–Trinajstić information content (AvgIpc) is 2.61. The Labute approximate surface area is 146 Å². The number of ether oxygens (including phenoxy) is 1. The Hall–Kier alpha value is -2.83. The Bertz CT molecular complexity index is 758. The molecule has 0 unspecified atom stereocenters. The lowest BCUT2D eigenvalue weighted by molar-refractivity contribution is -0.142. The van der Waals surface area contributed by atoms with E-state index in [9.17, 15) is 4.79 Å². The van der Waals surface area contributed by atoms with Gasteiger partial charge >= 0.3 is 5.97 Å². The number of carboxylic acids is 1. The van der Waals surface area contributed by atoms with Gasteiger partial charge in [0.25, 0.3) is 0 Å². The highest BCUT2D eigenvalue weighted by atomic mass is 16.5. The molecular weight excluding hydrogens is 320 g/mol. The van der Waals surface area contributed by atoms with Crippen LogP contribution in [0.15, 0.2) is 30.3 Å². The van der Waals surface area contributed by atoms with Crippen molar-refractivity contribution in [3.63, 3.8) is 0 Å². The lowest BCUT2D eigenvalue weighted by atomic mass is 9.97. The van der Waals surface area contributed by atoms with Crippen molar-refractivity contribution < 1.29 is 14.6 Å². The topological polar surface area (TPSA) is 87.6 Å². The zero-order chi connectivity index (χ0) is 17.8. The number of nitrogens with one attached hydrogen (secondary N) is 1. The minimum Gasteiger partial charge on any atom is -0.497 e. The second kappa shape index (κ2) is 7.38. The van der Waals surface area contributed by atoms with Crippen molar-refractivity contribution in [2.24, 2.45) is 5.92 Å². The summed E-state index contributed by atoms with van der Waals surface area (Å²) in [6, 6.07) is 9.50. The van der Waals surface area contributed by atoms with E-state index in [1.54, 1.807) is 7.11 Å². The molecular formula is C18H22N4O3.